The van der Waals surface area contributed by atoms with E-state index in [0.717, 1.165) is 42.5 Å². The molecule has 1 atom stereocenters. The molecule has 4 heterocycles. The van der Waals surface area contributed by atoms with Gasteiger partial charge in [0.1, 0.15) is 16.8 Å². The average Bonchev–Trinajstić information content (AvgIpc) is 4.04. The molecule has 2 saturated carbocycles. The highest BCUT2D eigenvalue weighted by Gasteiger charge is 2.57. The van der Waals surface area contributed by atoms with Crippen LogP contribution in [0.4, 0.5) is 29.1 Å². The van der Waals surface area contributed by atoms with Crippen LogP contribution in [0.3, 0.4) is 0 Å². The van der Waals surface area contributed by atoms with Crippen LogP contribution < -0.4 is 15.4 Å². The molecule has 4 N–H and O–H groups in total. The Bertz CT molecular complexity index is 2670. The van der Waals surface area contributed by atoms with Crippen LogP contribution in [-0.2, 0) is 17.9 Å². The molecule has 0 amide bonds. The van der Waals surface area contributed by atoms with Gasteiger partial charge in [0.2, 0.25) is 5.89 Å². The van der Waals surface area contributed by atoms with E-state index in [4.69, 9.17) is 25.7 Å². The van der Waals surface area contributed by atoms with Gasteiger partial charge in [0.15, 0.2) is 17.2 Å². The fraction of sp³-hybridized carbons (Fsp3) is 0.400. The molecule has 2 bridgehead atoms. The number of nitrogens with zero attached hydrogens (tertiary/aromatic N) is 5. The van der Waals surface area contributed by atoms with Gasteiger partial charge >= 0.3 is 12.6 Å². The van der Waals surface area contributed by atoms with Crippen LogP contribution >= 0.6 is 11.6 Å². The van der Waals surface area contributed by atoms with Gasteiger partial charge in [0.25, 0.3) is 6.43 Å². The summed E-state index contributed by atoms with van der Waals surface area (Å²) in [5.74, 6) is -1.14. The lowest BCUT2D eigenvalue weighted by molar-refractivity contribution is -0.148. The van der Waals surface area contributed by atoms with E-state index in [-0.39, 0.29) is 40.5 Å². The highest BCUT2D eigenvalue weighted by atomic mass is 35.5. The first-order chi connectivity index (χ1) is 29.8. The van der Waals surface area contributed by atoms with E-state index in [9.17, 15) is 32.6 Å². The van der Waals surface area contributed by atoms with Crippen molar-refractivity contribution in [3.63, 3.8) is 0 Å². The number of carboxylic acid groups (broad SMARTS) is 1. The zero-order valence-corrected chi connectivity index (χ0v) is 34.5. The number of ether oxygens (including phenoxy) is 1. The van der Waals surface area contributed by atoms with Crippen LogP contribution in [0.25, 0.3) is 44.7 Å². The summed E-state index contributed by atoms with van der Waals surface area (Å²) < 4.78 is 66.4. The number of benzene rings is 3. The molecule has 1 saturated heterocycles. The molecule has 62 heavy (non-hydrogen) atoms. The minimum atomic E-state index is -3.07. The third-order valence-corrected chi connectivity index (χ3v) is 13.3. The Kier molecular flexibility index (Phi) is 11.3. The number of carboxylic acids is 1. The van der Waals surface area contributed by atoms with Crippen molar-refractivity contribution in [1.29, 1.82) is 0 Å². The number of hydrogen-bond donors (Lipinski definition) is 4. The van der Waals surface area contributed by atoms with Crippen LogP contribution in [0.1, 0.15) is 73.9 Å². The van der Waals surface area contributed by atoms with Crippen molar-refractivity contribution in [3.8, 4) is 28.3 Å². The van der Waals surface area contributed by atoms with Gasteiger partial charge in [-0.3, -0.25) is 14.7 Å². The van der Waals surface area contributed by atoms with E-state index in [1.807, 2.05) is 19.1 Å². The number of carbonyl (C=O) groups is 1. The minimum absolute atomic E-state index is 0.0163. The summed E-state index contributed by atoms with van der Waals surface area (Å²) in [6.45, 7) is 1.33. The number of likely N-dealkylation sites (tertiary alicyclic amines) is 1. The molecule has 9 rings (SSSR count). The summed E-state index contributed by atoms with van der Waals surface area (Å²) >= 11 is 7.11. The van der Waals surface area contributed by atoms with Gasteiger partial charge < -0.3 is 30.0 Å². The van der Waals surface area contributed by atoms with E-state index in [1.54, 1.807) is 42.6 Å². The molecule has 3 aromatic heterocycles. The topological polar surface area (TPSA) is 159 Å². The van der Waals surface area contributed by atoms with E-state index in [2.05, 4.69) is 30.5 Å². The molecule has 1 aliphatic heterocycles. The molecule has 3 aliphatic rings. The SMILES string of the molecule is Cc1c(Nc2nc(C(F)F)nc3cc(CN4CCC(O)C4)cnc23)cccc1-c1cccc(-c2nc3cc(CNCCC45CCC(C(=O)O)(CC4)C5)c(OC(F)F)cc3o2)c1Cl. The van der Waals surface area contributed by atoms with Crippen molar-refractivity contribution in [1.82, 2.24) is 30.2 Å². The predicted octanol–water partition coefficient (Wildman–Crippen LogP) is 9.83. The monoisotopic (exact) mass is 873 g/mol. The van der Waals surface area contributed by atoms with E-state index in [1.165, 1.54) is 6.07 Å². The molecule has 6 aromatic rings. The van der Waals surface area contributed by atoms with Gasteiger partial charge in [-0.05, 0) is 105 Å². The molecule has 324 valence electrons. The number of oxazole rings is 1. The van der Waals surface area contributed by atoms with Crippen molar-refractivity contribution in [3.05, 3.63) is 88.3 Å². The van der Waals surface area contributed by atoms with Crippen molar-refractivity contribution in [2.24, 2.45) is 10.8 Å². The molecule has 17 heteroatoms. The maximum Gasteiger partial charge on any atom is 0.387 e. The third-order valence-electron chi connectivity index (χ3n) is 12.9. The van der Waals surface area contributed by atoms with E-state index >= 15 is 0 Å². The van der Waals surface area contributed by atoms with Crippen LogP contribution in [0, 0.1) is 17.8 Å². The second-order valence-corrected chi connectivity index (χ2v) is 17.3. The van der Waals surface area contributed by atoms with Gasteiger partial charge in [0, 0.05) is 55.3 Å². The zero-order chi connectivity index (χ0) is 43.3. The molecule has 0 radical (unpaired) electrons. The number of aliphatic carboxylic acids is 1. The number of aromatic nitrogens is 4. The fourth-order valence-corrected chi connectivity index (χ4v) is 9.96. The maximum absolute atomic E-state index is 14.1. The Labute approximate surface area is 358 Å². The second-order valence-electron chi connectivity index (χ2n) is 16.9. The summed E-state index contributed by atoms with van der Waals surface area (Å²) in [6, 6.07) is 15.6. The minimum Gasteiger partial charge on any atom is -0.481 e. The van der Waals surface area contributed by atoms with Gasteiger partial charge in [0.05, 0.1) is 27.6 Å². The number of pyridine rings is 1. The molecule has 12 nitrogen and oxygen atoms in total. The number of rotatable bonds is 15. The molecule has 0 spiro atoms. The summed E-state index contributed by atoms with van der Waals surface area (Å²) in [6.07, 6.45) is 3.59. The first-order valence-electron chi connectivity index (χ1n) is 20.6. The largest absolute Gasteiger partial charge is 0.481 e. The Hall–Kier alpha value is -5.42. The number of alkyl halides is 4. The van der Waals surface area contributed by atoms with Crippen molar-refractivity contribution in [2.45, 2.75) is 84.1 Å². The Morgan fingerprint density at radius 1 is 1.02 bits per heavy atom. The highest BCUT2D eigenvalue weighted by molar-refractivity contribution is 6.36. The summed E-state index contributed by atoms with van der Waals surface area (Å²) in [5, 5.41) is 26.6. The smallest absolute Gasteiger partial charge is 0.387 e. The summed E-state index contributed by atoms with van der Waals surface area (Å²) in [5.41, 5.74) is 4.90. The fourth-order valence-electron chi connectivity index (χ4n) is 9.65. The van der Waals surface area contributed by atoms with Gasteiger partial charge in [-0.15, -0.1) is 0 Å². The van der Waals surface area contributed by atoms with E-state index in [0.29, 0.717) is 83.8 Å². The zero-order valence-electron chi connectivity index (χ0n) is 33.7. The Balaban J connectivity index is 0.962. The van der Waals surface area contributed by atoms with Gasteiger partial charge in [-0.1, -0.05) is 35.9 Å². The number of halogens is 5. The maximum atomic E-state index is 14.1. The highest BCUT2D eigenvalue weighted by Crippen LogP contribution is 2.63. The van der Waals surface area contributed by atoms with E-state index < -0.39 is 36.3 Å². The van der Waals surface area contributed by atoms with Crippen LogP contribution in [0.2, 0.25) is 5.02 Å². The lowest BCUT2D eigenvalue weighted by Crippen LogP contribution is -2.25. The van der Waals surface area contributed by atoms with Crippen molar-refractivity contribution in [2.75, 3.05) is 25.0 Å². The average molecular weight is 874 g/mol. The molecule has 1 unspecified atom stereocenters. The Morgan fingerprint density at radius 2 is 1.79 bits per heavy atom. The quantitative estimate of drug-likeness (QED) is 0.0573. The molecular formula is C45H44ClF4N7O5. The van der Waals surface area contributed by atoms with Gasteiger partial charge in [-0.2, -0.15) is 8.78 Å². The number of nitrogens with one attached hydrogen (secondary N) is 2. The van der Waals surface area contributed by atoms with Crippen LogP contribution in [-0.4, -0.2) is 73.4 Å². The van der Waals surface area contributed by atoms with Crippen LogP contribution in [0.5, 0.6) is 5.75 Å². The second kappa shape index (κ2) is 16.7. The normalized spacial score (nSPS) is 21.3. The predicted molar refractivity (Wildman–Crippen MR) is 225 cm³/mol. The summed E-state index contributed by atoms with van der Waals surface area (Å²) in [7, 11) is 0. The van der Waals surface area contributed by atoms with Gasteiger partial charge in [-0.25, -0.2) is 23.7 Å². The first-order valence-corrected chi connectivity index (χ1v) is 21.0. The lowest BCUT2D eigenvalue weighted by Gasteiger charge is -2.26. The number of aliphatic hydroxyl groups excluding tert-OH is 1. The summed E-state index contributed by atoms with van der Waals surface area (Å²) in [4.78, 5) is 31.5. The van der Waals surface area contributed by atoms with Crippen molar-refractivity contribution >= 4 is 51.2 Å². The molecule has 2 aliphatic carbocycles. The number of hydrogen-bond acceptors (Lipinski definition) is 11. The molecule has 3 fully saturated rings. The molecular weight excluding hydrogens is 830 g/mol. The Morgan fingerprint density at radius 3 is 2.52 bits per heavy atom. The standard InChI is InChI=1S/C45H44ClF4N7O5/c1-24-28(4-3-7-31(24)53-39-37-33(54-40(56-39)38(47)48)16-25(19-52-37)21-57-15-8-27(58)22-57)29-5-2-6-30(36(29)46)41-55-32-17-26(34(62-43(49)50)18-35(32)61-41)20-51-14-13-44-9-11-45(23-44,12-10-44)42(59)60/h2-7,16-19,27,38,43,51,58H,8-15,20-23H2,1H3,(H,59,60)(H,53,54,56). The first kappa shape index (κ1) is 41.9. The van der Waals surface area contributed by atoms with Crippen LogP contribution in [0.15, 0.2) is 65.2 Å². The number of fused-ring (bicyclic) bond motifs is 4. The third kappa shape index (κ3) is 8.16. The number of anilines is 2. The lowest BCUT2D eigenvalue weighted by atomic mass is 9.80. The number of aliphatic hydroxyl groups is 1. The van der Waals surface area contributed by atoms with Crippen molar-refractivity contribution < 1.29 is 41.7 Å². The molecule has 3 aromatic carbocycles. The number of β-amino-alcohol motifs (C(OH)–C–C–N with tert-alkyl or cyclic N) is 1.